The number of rotatable bonds is 6. The van der Waals surface area contributed by atoms with Crippen LogP contribution in [0.1, 0.15) is 11.1 Å². The minimum Gasteiger partial charge on any atom is -0.488 e. The number of methoxy groups -OCH3 is 1. The Labute approximate surface area is 113 Å². The van der Waals surface area contributed by atoms with Gasteiger partial charge in [0.15, 0.2) is 6.79 Å². The van der Waals surface area contributed by atoms with Gasteiger partial charge in [-0.25, -0.2) is 0 Å². The first kappa shape index (κ1) is 13.4. The average Bonchev–Trinajstić information content (AvgIpc) is 2.46. The third-order valence-corrected chi connectivity index (χ3v) is 2.62. The van der Waals surface area contributed by atoms with E-state index in [9.17, 15) is 0 Å². The Hall–Kier alpha value is -2.00. The standard InChI is InChI=1S/C16H17O3/c1-13-8-9-15(19-12-17-2)10-16(13)18-11-14-6-4-3-5-7-14/h3-10H,1,11-12H2,2H3. The van der Waals surface area contributed by atoms with E-state index >= 15 is 0 Å². The highest BCUT2D eigenvalue weighted by Gasteiger charge is 2.03. The molecule has 2 rings (SSSR count). The van der Waals surface area contributed by atoms with Crippen molar-refractivity contribution in [2.24, 2.45) is 0 Å². The van der Waals surface area contributed by atoms with Crippen LogP contribution in [-0.2, 0) is 11.3 Å². The van der Waals surface area contributed by atoms with Gasteiger partial charge in [0.25, 0.3) is 0 Å². The Morgan fingerprint density at radius 1 is 1.00 bits per heavy atom. The van der Waals surface area contributed by atoms with Gasteiger partial charge in [0, 0.05) is 13.2 Å². The molecule has 0 saturated carbocycles. The number of benzene rings is 2. The summed E-state index contributed by atoms with van der Waals surface area (Å²) in [5.41, 5.74) is 1.95. The van der Waals surface area contributed by atoms with Crippen molar-refractivity contribution in [3.8, 4) is 11.5 Å². The molecule has 0 atom stereocenters. The first-order chi connectivity index (χ1) is 9.29. The van der Waals surface area contributed by atoms with Gasteiger partial charge in [-0.15, -0.1) is 0 Å². The lowest BCUT2D eigenvalue weighted by Crippen LogP contribution is -2.01. The van der Waals surface area contributed by atoms with E-state index in [1.807, 2.05) is 48.5 Å². The molecule has 1 radical (unpaired) electrons. The van der Waals surface area contributed by atoms with Gasteiger partial charge in [-0.2, -0.15) is 0 Å². The first-order valence-corrected chi connectivity index (χ1v) is 6.04. The van der Waals surface area contributed by atoms with Gasteiger partial charge in [0.1, 0.15) is 18.1 Å². The third-order valence-electron chi connectivity index (χ3n) is 2.62. The van der Waals surface area contributed by atoms with E-state index in [0.717, 1.165) is 16.9 Å². The van der Waals surface area contributed by atoms with E-state index < -0.39 is 0 Å². The van der Waals surface area contributed by atoms with Crippen molar-refractivity contribution in [1.29, 1.82) is 0 Å². The van der Waals surface area contributed by atoms with Crippen molar-refractivity contribution in [2.75, 3.05) is 13.9 Å². The largest absolute Gasteiger partial charge is 0.488 e. The zero-order valence-electron chi connectivity index (χ0n) is 11.0. The molecule has 2 aromatic carbocycles. The Morgan fingerprint density at radius 3 is 2.53 bits per heavy atom. The van der Waals surface area contributed by atoms with Crippen molar-refractivity contribution in [3.05, 3.63) is 66.6 Å². The average molecular weight is 257 g/mol. The van der Waals surface area contributed by atoms with E-state index in [2.05, 4.69) is 6.92 Å². The molecule has 0 amide bonds. The van der Waals surface area contributed by atoms with Crippen LogP contribution in [0, 0.1) is 6.92 Å². The van der Waals surface area contributed by atoms with Crippen LogP contribution in [0.25, 0.3) is 0 Å². The van der Waals surface area contributed by atoms with Gasteiger partial charge >= 0.3 is 0 Å². The van der Waals surface area contributed by atoms with Crippen molar-refractivity contribution in [2.45, 2.75) is 6.61 Å². The van der Waals surface area contributed by atoms with E-state index in [4.69, 9.17) is 14.2 Å². The van der Waals surface area contributed by atoms with Gasteiger partial charge in [-0.05, 0) is 24.1 Å². The normalized spacial score (nSPS) is 10.2. The molecule has 0 unspecified atom stereocenters. The van der Waals surface area contributed by atoms with Crippen LogP contribution >= 0.6 is 0 Å². The van der Waals surface area contributed by atoms with Crippen LogP contribution in [0.5, 0.6) is 11.5 Å². The maximum atomic E-state index is 5.76. The number of hydrogen-bond donors (Lipinski definition) is 0. The smallest absolute Gasteiger partial charge is 0.188 e. The first-order valence-electron chi connectivity index (χ1n) is 6.04. The predicted octanol–water partition coefficient (Wildman–Crippen LogP) is 3.43. The number of ether oxygens (including phenoxy) is 3. The summed E-state index contributed by atoms with van der Waals surface area (Å²) in [5, 5.41) is 0. The molecule has 0 aliphatic rings. The summed E-state index contributed by atoms with van der Waals surface area (Å²) in [7, 11) is 1.59. The summed E-state index contributed by atoms with van der Waals surface area (Å²) in [4.78, 5) is 0. The highest BCUT2D eigenvalue weighted by molar-refractivity contribution is 5.42. The predicted molar refractivity (Wildman–Crippen MR) is 74.2 cm³/mol. The van der Waals surface area contributed by atoms with E-state index in [0.29, 0.717) is 12.4 Å². The Kier molecular flexibility index (Phi) is 4.81. The summed E-state index contributed by atoms with van der Waals surface area (Å²) >= 11 is 0. The highest BCUT2D eigenvalue weighted by Crippen LogP contribution is 2.25. The molecular formula is C16H17O3. The molecule has 0 fully saturated rings. The minimum absolute atomic E-state index is 0.217. The third kappa shape index (κ3) is 4.00. The SMILES string of the molecule is [CH2]c1ccc(OCOC)cc1OCc1ccccc1. The molecule has 0 bridgehead atoms. The zero-order valence-corrected chi connectivity index (χ0v) is 11.0. The molecule has 3 heteroatoms. The molecular weight excluding hydrogens is 240 g/mol. The monoisotopic (exact) mass is 257 g/mol. The topological polar surface area (TPSA) is 27.7 Å². The second-order valence-corrected chi connectivity index (χ2v) is 4.09. The fourth-order valence-electron chi connectivity index (χ4n) is 1.62. The van der Waals surface area contributed by atoms with Crippen LogP contribution in [0.3, 0.4) is 0 Å². The molecule has 0 aliphatic heterocycles. The zero-order chi connectivity index (χ0) is 13.5. The van der Waals surface area contributed by atoms with Crippen LogP contribution in [0.4, 0.5) is 0 Å². The molecule has 2 aromatic rings. The maximum Gasteiger partial charge on any atom is 0.188 e. The molecule has 3 nitrogen and oxygen atoms in total. The molecule has 99 valence electrons. The molecule has 0 aromatic heterocycles. The molecule has 0 heterocycles. The minimum atomic E-state index is 0.217. The Morgan fingerprint density at radius 2 is 1.79 bits per heavy atom. The molecule has 19 heavy (non-hydrogen) atoms. The molecule has 0 N–H and O–H groups in total. The quantitative estimate of drug-likeness (QED) is 0.742. The van der Waals surface area contributed by atoms with Crippen LogP contribution < -0.4 is 9.47 Å². The Bertz CT molecular complexity index is 509. The maximum absolute atomic E-state index is 5.76. The van der Waals surface area contributed by atoms with Crippen LogP contribution in [0.15, 0.2) is 48.5 Å². The highest BCUT2D eigenvalue weighted by atomic mass is 16.7. The summed E-state index contributed by atoms with van der Waals surface area (Å²) in [6, 6.07) is 15.5. The fraction of sp³-hybridized carbons (Fsp3) is 0.188. The van der Waals surface area contributed by atoms with Gasteiger partial charge in [-0.1, -0.05) is 36.4 Å². The van der Waals surface area contributed by atoms with E-state index in [-0.39, 0.29) is 6.79 Å². The molecule has 0 spiro atoms. The fourth-order valence-corrected chi connectivity index (χ4v) is 1.62. The van der Waals surface area contributed by atoms with Crippen molar-refractivity contribution in [1.82, 2.24) is 0 Å². The van der Waals surface area contributed by atoms with Crippen molar-refractivity contribution in [3.63, 3.8) is 0 Å². The van der Waals surface area contributed by atoms with E-state index in [1.165, 1.54) is 0 Å². The Balaban J connectivity index is 2.02. The van der Waals surface area contributed by atoms with Crippen molar-refractivity contribution < 1.29 is 14.2 Å². The summed E-state index contributed by atoms with van der Waals surface area (Å²) in [6.07, 6.45) is 0. The molecule has 0 aliphatic carbocycles. The van der Waals surface area contributed by atoms with E-state index in [1.54, 1.807) is 7.11 Å². The summed E-state index contributed by atoms with van der Waals surface area (Å²) in [6.45, 7) is 4.67. The van der Waals surface area contributed by atoms with Gasteiger partial charge < -0.3 is 14.2 Å². The summed E-state index contributed by atoms with van der Waals surface area (Å²) < 4.78 is 16.0. The lowest BCUT2D eigenvalue weighted by molar-refractivity contribution is 0.0509. The van der Waals surface area contributed by atoms with Crippen molar-refractivity contribution >= 4 is 0 Å². The second-order valence-electron chi connectivity index (χ2n) is 4.09. The lowest BCUT2D eigenvalue weighted by atomic mass is 10.2. The van der Waals surface area contributed by atoms with Crippen LogP contribution in [-0.4, -0.2) is 13.9 Å². The molecule has 0 saturated heterocycles. The summed E-state index contributed by atoms with van der Waals surface area (Å²) in [5.74, 6) is 1.43. The second kappa shape index (κ2) is 6.81. The number of hydrogen-bond acceptors (Lipinski definition) is 3. The lowest BCUT2D eigenvalue weighted by Gasteiger charge is -2.11. The van der Waals surface area contributed by atoms with Gasteiger partial charge in [0.2, 0.25) is 0 Å². The van der Waals surface area contributed by atoms with Gasteiger partial charge in [0.05, 0.1) is 0 Å². The van der Waals surface area contributed by atoms with Crippen LogP contribution in [0.2, 0.25) is 0 Å². The van der Waals surface area contributed by atoms with Gasteiger partial charge in [-0.3, -0.25) is 0 Å².